The number of benzene rings is 1. The van der Waals surface area contributed by atoms with Gasteiger partial charge in [-0.25, -0.2) is 4.98 Å². The van der Waals surface area contributed by atoms with Gasteiger partial charge < -0.3 is 5.32 Å². The molecule has 0 aliphatic rings. The van der Waals surface area contributed by atoms with E-state index in [-0.39, 0.29) is 11.9 Å². The zero-order valence-corrected chi connectivity index (χ0v) is 16.6. The van der Waals surface area contributed by atoms with Crippen molar-refractivity contribution in [2.24, 2.45) is 0 Å². The van der Waals surface area contributed by atoms with Crippen LogP contribution in [0.1, 0.15) is 19.4 Å². The van der Waals surface area contributed by atoms with Gasteiger partial charge in [-0.05, 0) is 37.2 Å². The van der Waals surface area contributed by atoms with Crippen molar-refractivity contribution in [1.82, 2.24) is 14.3 Å². The van der Waals surface area contributed by atoms with Crippen LogP contribution in [0.3, 0.4) is 0 Å². The number of nitrogens with zero attached hydrogens (tertiary/aromatic N) is 4. The third kappa shape index (κ3) is 4.60. The first-order chi connectivity index (χ1) is 14.0. The summed E-state index contributed by atoms with van der Waals surface area (Å²) in [5, 5.41) is 14.7. The van der Waals surface area contributed by atoms with E-state index in [1.807, 2.05) is 18.2 Å². The van der Waals surface area contributed by atoms with Crippen molar-refractivity contribution in [2.45, 2.75) is 26.3 Å². The van der Waals surface area contributed by atoms with Crippen LogP contribution in [-0.2, 0) is 6.42 Å². The molecule has 152 valence electrons. The molecular weight excluding hydrogens is 370 g/mol. The molecule has 0 fully saturated rings. The average molecular weight is 395 g/mol. The maximum Gasteiger partial charge on any atom is 0.376 e. The van der Waals surface area contributed by atoms with Crippen LogP contribution in [0.2, 0.25) is 0 Å². The Morgan fingerprint density at radius 2 is 1.83 bits per heavy atom. The van der Waals surface area contributed by atoms with Gasteiger partial charge in [0.2, 0.25) is 5.82 Å². The van der Waals surface area contributed by atoms with Crippen molar-refractivity contribution in [3.8, 4) is 0 Å². The minimum atomic E-state index is -0.689. The first-order valence-corrected chi connectivity index (χ1v) is 9.72. The number of anilines is 1. The number of nitro groups is 1. The molecular formula is C21H25N5O3. The Hall–Kier alpha value is -3.26. The zero-order valence-electron chi connectivity index (χ0n) is 16.6. The summed E-state index contributed by atoms with van der Waals surface area (Å²) >= 11 is 0. The Kier molecular flexibility index (Phi) is 6.56. The van der Waals surface area contributed by atoms with Gasteiger partial charge in [-0.1, -0.05) is 50.2 Å². The molecule has 8 heteroatoms. The van der Waals surface area contributed by atoms with Crippen molar-refractivity contribution in [1.29, 1.82) is 0 Å². The van der Waals surface area contributed by atoms with Gasteiger partial charge in [0.05, 0.1) is 4.92 Å². The van der Waals surface area contributed by atoms with Gasteiger partial charge in [0.1, 0.15) is 5.65 Å². The molecule has 3 aromatic rings. The fourth-order valence-electron chi connectivity index (χ4n) is 3.54. The van der Waals surface area contributed by atoms with Crippen molar-refractivity contribution < 1.29 is 4.92 Å². The lowest BCUT2D eigenvalue weighted by molar-refractivity contribution is -0.385. The predicted octanol–water partition coefficient (Wildman–Crippen LogP) is 2.97. The van der Waals surface area contributed by atoms with Gasteiger partial charge in [0.15, 0.2) is 0 Å². The highest BCUT2D eigenvalue weighted by atomic mass is 16.6. The monoisotopic (exact) mass is 395 g/mol. The highest BCUT2D eigenvalue weighted by Gasteiger charge is 2.25. The topological polar surface area (TPSA) is 92.8 Å². The number of fused-ring (bicyclic) bond motifs is 1. The molecule has 0 spiro atoms. The summed E-state index contributed by atoms with van der Waals surface area (Å²) in [5.74, 6) is 0.0106. The van der Waals surface area contributed by atoms with Gasteiger partial charge in [-0.15, -0.1) is 0 Å². The molecule has 0 bridgehead atoms. The molecule has 29 heavy (non-hydrogen) atoms. The lowest BCUT2D eigenvalue weighted by Gasteiger charge is -2.30. The van der Waals surface area contributed by atoms with Crippen LogP contribution >= 0.6 is 0 Å². The summed E-state index contributed by atoms with van der Waals surface area (Å²) in [7, 11) is 0. The molecule has 0 aliphatic carbocycles. The molecule has 1 N–H and O–H groups in total. The van der Waals surface area contributed by atoms with E-state index in [2.05, 4.69) is 41.2 Å². The first kappa shape index (κ1) is 20.5. The molecule has 0 amide bonds. The fraction of sp³-hybridized carbons (Fsp3) is 0.333. The number of likely N-dealkylation sites (N-methyl/N-ethyl adjacent to an activating group) is 1. The summed E-state index contributed by atoms with van der Waals surface area (Å²) in [6.07, 6.45) is 2.27. The van der Waals surface area contributed by atoms with E-state index in [9.17, 15) is 14.9 Å². The van der Waals surface area contributed by atoms with Crippen LogP contribution in [-0.4, -0.2) is 44.9 Å². The quantitative estimate of drug-likeness (QED) is 0.442. The third-order valence-electron chi connectivity index (χ3n) is 5.04. The summed E-state index contributed by atoms with van der Waals surface area (Å²) in [6.45, 7) is 6.32. The molecule has 3 rings (SSSR count). The Morgan fingerprint density at radius 3 is 2.48 bits per heavy atom. The summed E-state index contributed by atoms with van der Waals surface area (Å²) in [4.78, 5) is 30.1. The van der Waals surface area contributed by atoms with E-state index in [0.717, 1.165) is 19.5 Å². The summed E-state index contributed by atoms with van der Waals surface area (Å²) in [6, 6.07) is 15.3. The van der Waals surface area contributed by atoms with Crippen LogP contribution in [0.4, 0.5) is 11.5 Å². The van der Waals surface area contributed by atoms with Crippen LogP contribution in [0, 0.1) is 10.1 Å². The minimum absolute atomic E-state index is 0.0106. The molecule has 1 aromatic carbocycles. The predicted molar refractivity (Wildman–Crippen MR) is 113 cm³/mol. The Bertz CT molecular complexity index is 1030. The van der Waals surface area contributed by atoms with E-state index >= 15 is 0 Å². The van der Waals surface area contributed by atoms with E-state index in [0.29, 0.717) is 12.2 Å². The largest absolute Gasteiger partial charge is 0.376 e. The number of nitrogens with one attached hydrogen (secondary N) is 1. The lowest BCUT2D eigenvalue weighted by Crippen LogP contribution is -2.41. The molecule has 0 saturated carbocycles. The summed E-state index contributed by atoms with van der Waals surface area (Å²) in [5.41, 5.74) is 0.331. The van der Waals surface area contributed by atoms with Crippen molar-refractivity contribution in [3.63, 3.8) is 0 Å². The lowest BCUT2D eigenvalue weighted by atomic mass is 10.0. The van der Waals surface area contributed by atoms with E-state index < -0.39 is 16.2 Å². The number of hydrogen-bond acceptors (Lipinski definition) is 6. The SMILES string of the molecule is CCN(CC)[C@@H](CNc1nc2ccccn2c(=O)c1[N+](=O)[O-])Cc1ccccc1. The van der Waals surface area contributed by atoms with E-state index in [1.54, 1.807) is 18.2 Å². The van der Waals surface area contributed by atoms with Gasteiger partial charge in [-0.2, -0.15) is 0 Å². The second-order valence-corrected chi connectivity index (χ2v) is 6.75. The Morgan fingerprint density at radius 1 is 1.14 bits per heavy atom. The van der Waals surface area contributed by atoms with Crippen LogP contribution in [0.15, 0.2) is 59.5 Å². The maximum atomic E-state index is 12.6. The highest BCUT2D eigenvalue weighted by molar-refractivity contribution is 5.59. The zero-order chi connectivity index (χ0) is 20.8. The van der Waals surface area contributed by atoms with Crippen molar-refractivity contribution >= 4 is 17.2 Å². The van der Waals surface area contributed by atoms with Crippen molar-refractivity contribution in [3.05, 3.63) is 80.8 Å². The summed E-state index contributed by atoms with van der Waals surface area (Å²) < 4.78 is 1.19. The minimum Gasteiger partial charge on any atom is -0.363 e. The van der Waals surface area contributed by atoms with Crippen LogP contribution < -0.4 is 10.9 Å². The first-order valence-electron chi connectivity index (χ1n) is 9.72. The molecule has 0 radical (unpaired) electrons. The smallest absolute Gasteiger partial charge is 0.363 e. The van der Waals surface area contributed by atoms with Crippen LogP contribution in [0.25, 0.3) is 5.65 Å². The van der Waals surface area contributed by atoms with Crippen molar-refractivity contribution in [2.75, 3.05) is 25.0 Å². The van der Waals surface area contributed by atoms with Gasteiger partial charge in [0, 0.05) is 18.8 Å². The van der Waals surface area contributed by atoms with Gasteiger partial charge in [0.25, 0.3) is 0 Å². The van der Waals surface area contributed by atoms with Crippen LogP contribution in [0.5, 0.6) is 0 Å². The number of hydrogen-bond donors (Lipinski definition) is 1. The fourth-order valence-corrected chi connectivity index (χ4v) is 3.54. The standard InChI is InChI=1S/C21H25N5O3/c1-3-24(4-2)17(14-16-10-6-5-7-11-16)15-22-20-19(26(28)29)21(27)25-13-9-8-12-18(25)23-20/h5-13,17,22H,3-4,14-15H2,1-2H3/t17-/m1/s1. The molecule has 0 unspecified atom stereocenters. The highest BCUT2D eigenvalue weighted by Crippen LogP contribution is 2.19. The van der Waals surface area contributed by atoms with Gasteiger partial charge >= 0.3 is 11.2 Å². The molecule has 1 atom stereocenters. The number of pyridine rings is 1. The second-order valence-electron chi connectivity index (χ2n) is 6.75. The number of aromatic nitrogens is 2. The molecule has 0 saturated heterocycles. The second kappa shape index (κ2) is 9.29. The Labute approximate surface area is 169 Å². The molecule has 2 aromatic heterocycles. The van der Waals surface area contributed by atoms with Gasteiger partial charge in [-0.3, -0.25) is 24.2 Å². The Balaban J connectivity index is 1.92. The molecule has 8 nitrogen and oxygen atoms in total. The van der Waals surface area contributed by atoms with E-state index in [1.165, 1.54) is 16.2 Å². The third-order valence-corrected chi connectivity index (χ3v) is 5.04. The maximum absolute atomic E-state index is 12.6. The average Bonchev–Trinajstić information content (AvgIpc) is 2.73. The molecule has 0 aliphatic heterocycles. The van der Waals surface area contributed by atoms with E-state index in [4.69, 9.17) is 0 Å². The normalized spacial score (nSPS) is 12.2. The number of rotatable bonds is 9. The molecule has 2 heterocycles.